The molecule has 0 aromatic heterocycles. The number of rotatable bonds is 7. The highest BCUT2D eigenvalue weighted by molar-refractivity contribution is 7.87. The minimum atomic E-state index is -3.44. The second kappa shape index (κ2) is 9.51. The summed E-state index contributed by atoms with van der Waals surface area (Å²) in [5.41, 5.74) is 5.30. The molecule has 1 atom stereocenters. The summed E-state index contributed by atoms with van der Waals surface area (Å²) in [6.45, 7) is 3.27. The van der Waals surface area contributed by atoms with Gasteiger partial charge in [-0.2, -0.15) is 12.7 Å². The van der Waals surface area contributed by atoms with Gasteiger partial charge >= 0.3 is 0 Å². The summed E-state index contributed by atoms with van der Waals surface area (Å²) < 4.78 is 28.1. The third-order valence-electron chi connectivity index (χ3n) is 3.11. The van der Waals surface area contributed by atoms with Crippen molar-refractivity contribution >= 4 is 28.5 Å². The van der Waals surface area contributed by atoms with Crippen molar-refractivity contribution < 1.29 is 13.2 Å². The number of hydrogen-bond donors (Lipinski definition) is 3. The molecular formula is C11H25ClN4O3S. The summed E-state index contributed by atoms with van der Waals surface area (Å²) in [6.07, 6.45) is 2.88. The van der Waals surface area contributed by atoms with Crippen molar-refractivity contribution in [2.75, 3.05) is 26.2 Å². The van der Waals surface area contributed by atoms with Gasteiger partial charge in [0.05, 0.1) is 0 Å². The number of carbonyl (C=O) groups excluding carboxylic acids is 1. The predicted octanol–water partition coefficient (Wildman–Crippen LogP) is -0.418. The first kappa shape index (κ1) is 19.6. The van der Waals surface area contributed by atoms with E-state index in [0.717, 1.165) is 19.3 Å². The molecule has 0 saturated carbocycles. The van der Waals surface area contributed by atoms with Gasteiger partial charge in [0, 0.05) is 38.6 Å². The predicted molar refractivity (Wildman–Crippen MR) is 80.9 cm³/mol. The van der Waals surface area contributed by atoms with Crippen LogP contribution in [0.25, 0.3) is 0 Å². The fourth-order valence-corrected chi connectivity index (χ4v) is 3.68. The van der Waals surface area contributed by atoms with E-state index < -0.39 is 10.2 Å². The lowest BCUT2D eigenvalue weighted by Crippen LogP contribution is -2.53. The second-order valence-corrected chi connectivity index (χ2v) is 6.31. The molecule has 0 radical (unpaired) electrons. The number of nitrogens with one attached hydrogen (secondary N) is 2. The maximum Gasteiger partial charge on any atom is 0.279 e. The minimum Gasteiger partial charge on any atom is -0.354 e. The summed E-state index contributed by atoms with van der Waals surface area (Å²) in [5, 5.41) is 2.74. The maximum atomic E-state index is 12.0. The van der Waals surface area contributed by atoms with E-state index in [-0.39, 0.29) is 30.8 Å². The van der Waals surface area contributed by atoms with Gasteiger partial charge in [-0.25, -0.2) is 4.72 Å². The Hall–Kier alpha value is -0.410. The quantitative estimate of drug-likeness (QED) is 0.590. The van der Waals surface area contributed by atoms with Crippen molar-refractivity contribution in [3.8, 4) is 0 Å². The smallest absolute Gasteiger partial charge is 0.279 e. The van der Waals surface area contributed by atoms with E-state index in [9.17, 15) is 13.2 Å². The average Bonchev–Trinajstić information content (AvgIpc) is 2.37. The van der Waals surface area contributed by atoms with Gasteiger partial charge in [-0.1, -0.05) is 13.3 Å². The number of piperidine rings is 1. The highest BCUT2D eigenvalue weighted by Gasteiger charge is 2.31. The molecule has 1 aliphatic heterocycles. The molecule has 7 nitrogen and oxygen atoms in total. The second-order valence-electron chi connectivity index (χ2n) is 4.61. The van der Waals surface area contributed by atoms with Gasteiger partial charge in [0.15, 0.2) is 0 Å². The monoisotopic (exact) mass is 328 g/mol. The van der Waals surface area contributed by atoms with Gasteiger partial charge in [-0.15, -0.1) is 12.4 Å². The Kier molecular flexibility index (Phi) is 9.32. The molecule has 1 fully saturated rings. The van der Waals surface area contributed by atoms with Gasteiger partial charge in [-0.05, 0) is 12.8 Å². The van der Waals surface area contributed by atoms with Crippen LogP contribution in [-0.2, 0) is 15.0 Å². The number of halogens is 1. The molecule has 0 aliphatic carbocycles. The molecule has 1 saturated heterocycles. The van der Waals surface area contributed by atoms with Gasteiger partial charge in [0.25, 0.3) is 10.2 Å². The minimum absolute atomic E-state index is 0. The topological polar surface area (TPSA) is 105 Å². The zero-order valence-electron chi connectivity index (χ0n) is 11.8. The van der Waals surface area contributed by atoms with E-state index in [0.29, 0.717) is 26.2 Å². The number of carbonyl (C=O) groups is 1. The van der Waals surface area contributed by atoms with Gasteiger partial charge < -0.3 is 11.1 Å². The fourth-order valence-electron chi connectivity index (χ4n) is 2.21. The van der Waals surface area contributed by atoms with Crippen molar-refractivity contribution in [1.29, 1.82) is 0 Å². The van der Waals surface area contributed by atoms with E-state index in [4.69, 9.17) is 5.73 Å². The van der Waals surface area contributed by atoms with Crippen LogP contribution >= 0.6 is 12.4 Å². The van der Waals surface area contributed by atoms with Crippen molar-refractivity contribution in [2.24, 2.45) is 5.73 Å². The summed E-state index contributed by atoms with van der Waals surface area (Å²) in [4.78, 5) is 11.4. The first-order valence-corrected chi connectivity index (χ1v) is 8.18. The molecule has 1 unspecified atom stereocenters. The van der Waals surface area contributed by atoms with Crippen molar-refractivity contribution in [3.05, 3.63) is 0 Å². The van der Waals surface area contributed by atoms with Crippen molar-refractivity contribution in [2.45, 2.75) is 38.6 Å². The van der Waals surface area contributed by atoms with E-state index in [1.165, 1.54) is 4.31 Å². The lowest BCUT2D eigenvalue weighted by Gasteiger charge is -2.34. The molecule has 1 rings (SSSR count). The normalized spacial score (nSPS) is 20.2. The molecule has 4 N–H and O–H groups in total. The van der Waals surface area contributed by atoms with Crippen LogP contribution in [0.3, 0.4) is 0 Å². The summed E-state index contributed by atoms with van der Waals surface area (Å²) in [5.74, 6) is -0.131. The molecule has 120 valence electrons. The van der Waals surface area contributed by atoms with E-state index in [1.807, 2.05) is 0 Å². The van der Waals surface area contributed by atoms with Gasteiger partial charge in [0.2, 0.25) is 5.91 Å². The zero-order chi connectivity index (χ0) is 14.3. The largest absolute Gasteiger partial charge is 0.354 e. The molecule has 1 aliphatic rings. The highest BCUT2D eigenvalue weighted by Crippen LogP contribution is 2.19. The molecule has 9 heteroatoms. The summed E-state index contributed by atoms with van der Waals surface area (Å²) in [7, 11) is -3.44. The Morgan fingerprint density at radius 1 is 1.40 bits per heavy atom. The lowest BCUT2D eigenvalue weighted by molar-refractivity contribution is -0.121. The molecule has 1 heterocycles. The number of amides is 1. The first-order valence-electron chi connectivity index (χ1n) is 6.74. The van der Waals surface area contributed by atoms with Crippen LogP contribution in [0.1, 0.15) is 32.6 Å². The number of nitrogens with two attached hydrogens (primary N) is 1. The zero-order valence-corrected chi connectivity index (χ0v) is 13.4. The third-order valence-corrected chi connectivity index (χ3v) is 4.87. The fraction of sp³-hybridized carbons (Fsp3) is 0.909. The standard InChI is InChI=1S/C11H24N4O3S.ClH/c1-2-14-19(17,18)15-8-4-3-5-10(15)9-13-11(16)6-7-12;/h10,14H,2-9,12H2,1H3,(H,13,16);1H. The van der Waals surface area contributed by atoms with Crippen LogP contribution in [0, 0.1) is 0 Å². The third kappa shape index (κ3) is 5.92. The van der Waals surface area contributed by atoms with Crippen LogP contribution in [-0.4, -0.2) is 50.9 Å². The molecular weight excluding hydrogens is 304 g/mol. The Morgan fingerprint density at radius 3 is 2.70 bits per heavy atom. The molecule has 0 aromatic carbocycles. The first-order chi connectivity index (χ1) is 9.01. The van der Waals surface area contributed by atoms with Crippen molar-refractivity contribution in [1.82, 2.24) is 14.3 Å². The lowest BCUT2D eigenvalue weighted by atomic mass is 10.1. The van der Waals surface area contributed by atoms with E-state index in [1.54, 1.807) is 6.92 Å². The maximum absolute atomic E-state index is 12.0. The highest BCUT2D eigenvalue weighted by atomic mass is 35.5. The number of hydrogen-bond acceptors (Lipinski definition) is 4. The molecule has 0 bridgehead atoms. The molecule has 0 aromatic rings. The van der Waals surface area contributed by atoms with Crippen LogP contribution in [0.15, 0.2) is 0 Å². The summed E-state index contributed by atoms with van der Waals surface area (Å²) >= 11 is 0. The Labute approximate surface area is 127 Å². The SMILES string of the molecule is CCNS(=O)(=O)N1CCCCC1CNC(=O)CCN.Cl. The van der Waals surface area contributed by atoms with E-state index in [2.05, 4.69) is 10.0 Å². The van der Waals surface area contributed by atoms with Gasteiger partial charge in [0.1, 0.15) is 0 Å². The van der Waals surface area contributed by atoms with E-state index >= 15 is 0 Å². The van der Waals surface area contributed by atoms with Gasteiger partial charge in [-0.3, -0.25) is 4.79 Å². The van der Waals surface area contributed by atoms with Crippen LogP contribution in [0.5, 0.6) is 0 Å². The summed E-state index contributed by atoms with van der Waals surface area (Å²) in [6, 6.07) is -0.167. The van der Waals surface area contributed by atoms with Crippen LogP contribution < -0.4 is 15.8 Å². The molecule has 1 amide bonds. The Bertz CT molecular complexity index is 391. The van der Waals surface area contributed by atoms with Crippen LogP contribution in [0.2, 0.25) is 0 Å². The Balaban J connectivity index is 0.00000361. The molecule has 0 spiro atoms. The van der Waals surface area contributed by atoms with Crippen LogP contribution in [0.4, 0.5) is 0 Å². The van der Waals surface area contributed by atoms with Crippen molar-refractivity contribution in [3.63, 3.8) is 0 Å². The number of nitrogens with zero attached hydrogens (tertiary/aromatic N) is 1. The Morgan fingerprint density at radius 2 is 2.10 bits per heavy atom. The average molecular weight is 329 g/mol. The molecule has 20 heavy (non-hydrogen) atoms.